The number of nitrogens with one attached hydrogen (secondary N) is 2. The van der Waals surface area contributed by atoms with Crippen LogP contribution in [0, 0.1) is 5.92 Å². The minimum Gasteiger partial charge on any atom is -0.394 e. The first kappa shape index (κ1) is 20.2. The Hall–Kier alpha value is -1.14. The minimum absolute atomic E-state index is 0.0622. The molecule has 1 saturated heterocycles. The minimum atomic E-state index is -1.63. The summed E-state index contributed by atoms with van der Waals surface area (Å²) in [5.41, 5.74) is 0. The lowest BCUT2D eigenvalue weighted by Gasteiger charge is -2.39. The summed E-state index contributed by atoms with van der Waals surface area (Å²) in [6.07, 6.45) is -8.51. The number of carbonyl (C=O) groups is 2. The van der Waals surface area contributed by atoms with Gasteiger partial charge in [-0.3, -0.25) is 4.79 Å². The van der Waals surface area contributed by atoms with Crippen LogP contribution in [0.3, 0.4) is 0 Å². The molecule has 1 amide bonds. The van der Waals surface area contributed by atoms with Crippen LogP contribution in [0.2, 0.25) is 0 Å². The van der Waals surface area contributed by atoms with Crippen LogP contribution in [0.5, 0.6) is 0 Å². The van der Waals surface area contributed by atoms with Gasteiger partial charge in [-0.05, 0) is 13.0 Å². The molecular weight excluding hydrogens is 336 g/mol. The molecule has 10 nitrogen and oxygen atoms in total. The first-order valence-corrected chi connectivity index (χ1v) is 8.04. The van der Waals surface area contributed by atoms with Crippen molar-refractivity contribution in [2.24, 2.45) is 5.92 Å². The highest BCUT2D eigenvalue weighted by Crippen LogP contribution is 2.21. The molecule has 146 valence electrons. The van der Waals surface area contributed by atoms with E-state index in [1.54, 1.807) is 7.05 Å². The van der Waals surface area contributed by atoms with Gasteiger partial charge in [0.1, 0.15) is 38.1 Å². The van der Waals surface area contributed by atoms with E-state index in [9.17, 15) is 24.9 Å². The van der Waals surface area contributed by atoms with Crippen molar-refractivity contribution in [1.82, 2.24) is 10.6 Å². The van der Waals surface area contributed by atoms with Gasteiger partial charge in [0.2, 0.25) is 5.91 Å². The van der Waals surface area contributed by atoms with E-state index in [1.165, 1.54) is 0 Å². The molecule has 1 heterocycles. The number of aliphatic hydroxyl groups excluding tert-OH is 4. The second kappa shape index (κ2) is 10.1. The molecule has 0 aromatic carbocycles. The lowest BCUT2D eigenvalue weighted by atomic mass is 9.99. The fourth-order valence-electron chi connectivity index (χ4n) is 2.53. The molecule has 1 fully saturated rings. The van der Waals surface area contributed by atoms with Gasteiger partial charge in [0.05, 0.1) is 19.3 Å². The van der Waals surface area contributed by atoms with Crippen LogP contribution >= 0.6 is 0 Å². The molecule has 0 aromatic rings. The van der Waals surface area contributed by atoms with Gasteiger partial charge in [0.25, 0.3) is 0 Å². The van der Waals surface area contributed by atoms with Crippen LogP contribution < -0.4 is 10.6 Å². The third-order valence-corrected chi connectivity index (χ3v) is 3.99. The van der Waals surface area contributed by atoms with Gasteiger partial charge in [-0.1, -0.05) is 13.8 Å². The average Bonchev–Trinajstić information content (AvgIpc) is 2.58. The van der Waals surface area contributed by atoms with Crippen molar-refractivity contribution in [2.45, 2.75) is 56.6 Å². The standard InChI is InChI=1S/C15H28N2O8/c1-7(2)10(16-3)14(23)17-8(4-18)6-24-15-13(22)12(21)11(20)9(5-19)25-15/h4,7-13,15-16,19-22H,5-6H2,1-3H3,(H,17,23)/i4D. The predicted octanol–water partition coefficient (Wildman–Crippen LogP) is -3.27. The molecule has 0 bridgehead atoms. The Morgan fingerprint density at radius 1 is 1.32 bits per heavy atom. The number of likely N-dealkylation sites (N-methyl/N-ethyl adjacent to an activating group) is 1. The number of aliphatic hydroxyl groups is 4. The number of hydrogen-bond donors (Lipinski definition) is 6. The summed E-state index contributed by atoms with van der Waals surface area (Å²) in [5.74, 6) is -0.557. The highest BCUT2D eigenvalue weighted by molar-refractivity contribution is 5.84. The SMILES string of the molecule is [2H]C(=O)C(COC1OC(CO)C(O)C(O)C1O)NC(=O)C(NC)C(C)C. The zero-order valence-electron chi connectivity index (χ0n) is 15.5. The predicted molar refractivity (Wildman–Crippen MR) is 85.4 cm³/mol. The fraction of sp³-hybridized carbons (Fsp3) is 0.867. The van der Waals surface area contributed by atoms with Crippen molar-refractivity contribution in [3.05, 3.63) is 0 Å². The largest absolute Gasteiger partial charge is 0.394 e. The number of rotatable bonds is 9. The van der Waals surface area contributed by atoms with Crippen LogP contribution in [0.15, 0.2) is 0 Å². The van der Waals surface area contributed by atoms with Crippen LogP contribution in [-0.2, 0) is 19.1 Å². The fourth-order valence-corrected chi connectivity index (χ4v) is 2.53. The van der Waals surface area contributed by atoms with E-state index in [2.05, 4.69) is 10.6 Å². The Labute approximate surface area is 147 Å². The van der Waals surface area contributed by atoms with Crippen LogP contribution in [0.4, 0.5) is 0 Å². The van der Waals surface area contributed by atoms with E-state index in [0.717, 1.165) is 0 Å². The molecule has 0 radical (unpaired) electrons. The third-order valence-electron chi connectivity index (χ3n) is 3.99. The zero-order valence-corrected chi connectivity index (χ0v) is 14.5. The molecule has 25 heavy (non-hydrogen) atoms. The van der Waals surface area contributed by atoms with Crippen LogP contribution in [0.25, 0.3) is 0 Å². The van der Waals surface area contributed by atoms with E-state index < -0.39 is 68.2 Å². The molecule has 6 N–H and O–H groups in total. The summed E-state index contributed by atoms with van der Waals surface area (Å²) in [6, 6.07) is -1.89. The highest BCUT2D eigenvalue weighted by atomic mass is 16.7. The van der Waals surface area contributed by atoms with Gasteiger partial charge < -0.3 is 45.3 Å². The first-order valence-electron chi connectivity index (χ1n) is 8.54. The molecular formula is C15H28N2O8. The maximum Gasteiger partial charge on any atom is 0.238 e. The molecule has 0 spiro atoms. The van der Waals surface area contributed by atoms with E-state index >= 15 is 0 Å². The molecule has 0 aliphatic carbocycles. The monoisotopic (exact) mass is 365 g/mol. The van der Waals surface area contributed by atoms with Crippen molar-refractivity contribution >= 4 is 12.2 Å². The van der Waals surface area contributed by atoms with Crippen molar-refractivity contribution in [3.8, 4) is 0 Å². The van der Waals surface area contributed by atoms with Crippen molar-refractivity contribution in [3.63, 3.8) is 0 Å². The van der Waals surface area contributed by atoms with Crippen molar-refractivity contribution in [2.75, 3.05) is 20.3 Å². The van der Waals surface area contributed by atoms with Gasteiger partial charge in [-0.15, -0.1) is 0 Å². The Kier molecular flexibility index (Phi) is 8.16. The number of amides is 1. The number of ether oxygens (including phenoxy) is 2. The molecule has 0 saturated carbocycles. The maximum atomic E-state index is 12.2. The topological polar surface area (TPSA) is 158 Å². The molecule has 7 atom stereocenters. The smallest absolute Gasteiger partial charge is 0.238 e. The molecule has 10 heteroatoms. The quantitative estimate of drug-likeness (QED) is 0.231. The van der Waals surface area contributed by atoms with E-state index in [-0.39, 0.29) is 5.92 Å². The summed E-state index contributed by atoms with van der Waals surface area (Å²) < 4.78 is 17.6. The summed E-state index contributed by atoms with van der Waals surface area (Å²) >= 11 is 0. The van der Waals surface area contributed by atoms with Gasteiger partial charge >= 0.3 is 0 Å². The van der Waals surface area contributed by atoms with E-state index in [0.29, 0.717) is 0 Å². The van der Waals surface area contributed by atoms with Gasteiger partial charge in [-0.25, -0.2) is 0 Å². The van der Waals surface area contributed by atoms with E-state index in [4.69, 9.17) is 16.0 Å². The Morgan fingerprint density at radius 3 is 2.44 bits per heavy atom. The number of carbonyl (C=O) groups excluding carboxylic acids is 2. The molecule has 0 aromatic heterocycles. The summed E-state index contributed by atoms with van der Waals surface area (Å²) in [4.78, 5) is 23.7. The molecule has 1 rings (SSSR count). The van der Waals surface area contributed by atoms with Gasteiger partial charge in [0, 0.05) is 0 Å². The summed E-state index contributed by atoms with van der Waals surface area (Å²) in [5, 5.41) is 43.6. The number of aldehydes is 1. The zero-order chi connectivity index (χ0) is 20.0. The molecule has 1 aliphatic heterocycles. The first-order chi connectivity index (χ1) is 12.1. The van der Waals surface area contributed by atoms with Gasteiger partial charge in [0.15, 0.2) is 6.29 Å². The highest BCUT2D eigenvalue weighted by Gasteiger charge is 2.44. The normalized spacial score (nSPS) is 32.8. The lowest BCUT2D eigenvalue weighted by Crippen LogP contribution is -2.59. The second-order valence-corrected chi connectivity index (χ2v) is 6.22. The Morgan fingerprint density at radius 2 is 1.96 bits per heavy atom. The van der Waals surface area contributed by atoms with Crippen LogP contribution in [-0.4, -0.2) is 95.6 Å². The molecule has 1 aliphatic rings. The van der Waals surface area contributed by atoms with Crippen LogP contribution in [0.1, 0.15) is 15.2 Å². The van der Waals surface area contributed by atoms with E-state index in [1.807, 2.05) is 13.8 Å². The Bertz CT molecular complexity index is 479. The molecule has 7 unspecified atom stereocenters. The summed E-state index contributed by atoms with van der Waals surface area (Å²) in [7, 11) is 1.59. The van der Waals surface area contributed by atoms with Gasteiger partial charge in [-0.2, -0.15) is 0 Å². The van der Waals surface area contributed by atoms with Crippen molar-refractivity contribution < 1.29 is 40.9 Å². The Balaban J connectivity index is 2.71. The second-order valence-electron chi connectivity index (χ2n) is 6.22. The average molecular weight is 365 g/mol. The van der Waals surface area contributed by atoms with Crippen molar-refractivity contribution in [1.29, 1.82) is 0 Å². The lowest BCUT2D eigenvalue weighted by molar-refractivity contribution is -0.301. The summed E-state index contributed by atoms with van der Waals surface area (Å²) in [6.45, 7) is 2.50. The maximum absolute atomic E-state index is 12.2. The third kappa shape index (κ3) is 5.68. The number of hydrogen-bond acceptors (Lipinski definition) is 9.